The monoisotopic (exact) mass is 225 g/mol. The van der Waals surface area contributed by atoms with Crippen molar-refractivity contribution in [3.05, 3.63) is 18.2 Å². The summed E-state index contributed by atoms with van der Waals surface area (Å²) < 4.78 is 15.6. The lowest BCUT2D eigenvalue weighted by atomic mass is 10.3. The highest BCUT2D eigenvalue weighted by Crippen LogP contribution is 2.25. The van der Waals surface area contributed by atoms with Crippen LogP contribution in [0.4, 0.5) is 5.69 Å². The maximum Gasteiger partial charge on any atom is 0.142 e. The van der Waals surface area contributed by atoms with Gasteiger partial charge in [-0.15, -0.1) is 0 Å². The lowest BCUT2D eigenvalue weighted by Gasteiger charge is -2.09. The van der Waals surface area contributed by atoms with E-state index in [0.717, 1.165) is 25.2 Å². The maximum absolute atomic E-state index is 5.76. The predicted octanol–water partition coefficient (Wildman–Crippen LogP) is 2.08. The second-order valence-corrected chi connectivity index (χ2v) is 3.45. The van der Waals surface area contributed by atoms with Gasteiger partial charge in [-0.3, -0.25) is 0 Å². The van der Waals surface area contributed by atoms with Gasteiger partial charge in [0.05, 0.1) is 19.4 Å². The van der Waals surface area contributed by atoms with Gasteiger partial charge in [-0.1, -0.05) is 0 Å². The molecule has 0 aliphatic carbocycles. The van der Waals surface area contributed by atoms with Gasteiger partial charge in [-0.2, -0.15) is 0 Å². The van der Waals surface area contributed by atoms with Crippen molar-refractivity contribution in [2.75, 3.05) is 33.2 Å². The molecule has 0 radical (unpaired) electrons. The van der Waals surface area contributed by atoms with Gasteiger partial charge >= 0.3 is 0 Å². The Hall–Kier alpha value is -1.42. The molecule has 0 amide bonds. The van der Waals surface area contributed by atoms with Gasteiger partial charge in [0, 0.05) is 19.8 Å². The molecule has 4 nitrogen and oxygen atoms in total. The number of ether oxygens (including phenoxy) is 3. The van der Waals surface area contributed by atoms with Crippen LogP contribution in [0.5, 0.6) is 11.5 Å². The van der Waals surface area contributed by atoms with Crippen molar-refractivity contribution in [1.82, 2.24) is 0 Å². The number of hydrogen-bond donors (Lipinski definition) is 1. The summed E-state index contributed by atoms with van der Waals surface area (Å²) >= 11 is 0. The Morgan fingerprint density at radius 3 is 2.50 bits per heavy atom. The van der Waals surface area contributed by atoms with Crippen molar-refractivity contribution in [2.24, 2.45) is 0 Å². The lowest BCUT2D eigenvalue weighted by molar-refractivity contribution is 0.184. The molecule has 2 N–H and O–H groups in total. The van der Waals surface area contributed by atoms with Gasteiger partial charge in [-0.05, 0) is 25.0 Å². The zero-order valence-electron chi connectivity index (χ0n) is 9.86. The largest absolute Gasteiger partial charge is 0.495 e. The highest BCUT2D eigenvalue weighted by atomic mass is 16.5. The highest BCUT2D eigenvalue weighted by molar-refractivity contribution is 5.56. The Labute approximate surface area is 96.3 Å². The van der Waals surface area contributed by atoms with Crippen molar-refractivity contribution in [3.63, 3.8) is 0 Å². The van der Waals surface area contributed by atoms with E-state index in [2.05, 4.69) is 0 Å². The Morgan fingerprint density at radius 1 is 1.12 bits per heavy atom. The van der Waals surface area contributed by atoms with Crippen molar-refractivity contribution in [3.8, 4) is 11.5 Å². The molecule has 4 heteroatoms. The molecule has 0 spiro atoms. The van der Waals surface area contributed by atoms with Crippen LogP contribution in [0.15, 0.2) is 18.2 Å². The molecule has 0 saturated heterocycles. The standard InChI is InChI=1S/C12H19NO3/c1-14-7-3-4-8-16-10-5-6-12(15-2)11(13)9-10/h5-6,9H,3-4,7-8,13H2,1-2H3. The Morgan fingerprint density at radius 2 is 1.88 bits per heavy atom. The normalized spacial score (nSPS) is 10.1. The molecule has 1 aromatic carbocycles. The van der Waals surface area contributed by atoms with Gasteiger partial charge in [0.2, 0.25) is 0 Å². The number of methoxy groups -OCH3 is 2. The van der Waals surface area contributed by atoms with Crippen LogP contribution in [0, 0.1) is 0 Å². The minimum atomic E-state index is 0.594. The van der Waals surface area contributed by atoms with E-state index in [1.165, 1.54) is 0 Å². The zero-order valence-corrected chi connectivity index (χ0v) is 9.86. The zero-order chi connectivity index (χ0) is 11.8. The first-order valence-electron chi connectivity index (χ1n) is 5.33. The Kier molecular flexibility index (Phi) is 5.50. The first-order chi connectivity index (χ1) is 7.77. The molecule has 0 saturated carbocycles. The quantitative estimate of drug-likeness (QED) is 0.570. The lowest BCUT2D eigenvalue weighted by Crippen LogP contribution is -2.00. The van der Waals surface area contributed by atoms with Crippen molar-refractivity contribution < 1.29 is 14.2 Å². The van der Waals surface area contributed by atoms with Gasteiger partial charge < -0.3 is 19.9 Å². The van der Waals surface area contributed by atoms with Crippen LogP contribution < -0.4 is 15.2 Å². The fraction of sp³-hybridized carbons (Fsp3) is 0.500. The average Bonchev–Trinajstić information content (AvgIpc) is 2.29. The summed E-state index contributed by atoms with van der Waals surface area (Å²) in [6.45, 7) is 1.45. The van der Waals surface area contributed by atoms with E-state index in [4.69, 9.17) is 19.9 Å². The molecule has 0 unspecified atom stereocenters. The highest BCUT2D eigenvalue weighted by Gasteiger charge is 2.01. The Bertz CT molecular complexity index is 315. The summed E-state index contributed by atoms with van der Waals surface area (Å²) in [6.07, 6.45) is 1.97. The van der Waals surface area contributed by atoms with E-state index in [9.17, 15) is 0 Å². The molecule has 1 rings (SSSR count). The second-order valence-electron chi connectivity index (χ2n) is 3.45. The number of nitrogen functional groups attached to an aromatic ring is 1. The summed E-state index contributed by atoms with van der Waals surface area (Å²) in [6, 6.07) is 5.43. The van der Waals surface area contributed by atoms with Gasteiger partial charge in [-0.25, -0.2) is 0 Å². The predicted molar refractivity (Wildman–Crippen MR) is 64.0 cm³/mol. The van der Waals surface area contributed by atoms with Crippen LogP contribution in [0.25, 0.3) is 0 Å². The van der Waals surface area contributed by atoms with Gasteiger partial charge in [0.1, 0.15) is 11.5 Å². The molecule has 0 fully saturated rings. The molecule has 1 aromatic rings. The smallest absolute Gasteiger partial charge is 0.142 e. The summed E-state index contributed by atoms with van der Waals surface area (Å²) in [4.78, 5) is 0. The van der Waals surface area contributed by atoms with Gasteiger partial charge in [0.25, 0.3) is 0 Å². The molecule has 0 aliphatic heterocycles. The molecular formula is C12H19NO3. The van der Waals surface area contributed by atoms with Crippen molar-refractivity contribution >= 4 is 5.69 Å². The number of nitrogens with two attached hydrogens (primary N) is 1. The van der Waals surface area contributed by atoms with Crippen LogP contribution in [0.2, 0.25) is 0 Å². The third-order valence-corrected chi connectivity index (χ3v) is 2.21. The third kappa shape index (κ3) is 3.98. The Balaban J connectivity index is 2.34. The van der Waals surface area contributed by atoms with Crippen LogP contribution in [-0.4, -0.2) is 27.4 Å². The van der Waals surface area contributed by atoms with Crippen LogP contribution >= 0.6 is 0 Å². The number of hydrogen-bond acceptors (Lipinski definition) is 4. The second kappa shape index (κ2) is 6.95. The SMILES string of the molecule is COCCCCOc1ccc(OC)c(N)c1. The number of benzene rings is 1. The van der Waals surface area contributed by atoms with Crippen LogP contribution in [0.3, 0.4) is 0 Å². The fourth-order valence-electron chi connectivity index (χ4n) is 1.34. The average molecular weight is 225 g/mol. The first-order valence-corrected chi connectivity index (χ1v) is 5.33. The van der Waals surface area contributed by atoms with Crippen molar-refractivity contribution in [2.45, 2.75) is 12.8 Å². The third-order valence-electron chi connectivity index (χ3n) is 2.21. The van der Waals surface area contributed by atoms with E-state index in [1.54, 1.807) is 26.4 Å². The van der Waals surface area contributed by atoms with E-state index < -0.39 is 0 Å². The molecule has 90 valence electrons. The molecule has 0 bridgehead atoms. The van der Waals surface area contributed by atoms with Crippen molar-refractivity contribution in [1.29, 1.82) is 0 Å². The molecule has 0 atom stereocenters. The summed E-state index contributed by atoms with van der Waals surface area (Å²) in [5.41, 5.74) is 6.35. The molecule has 0 aromatic heterocycles. The van der Waals surface area contributed by atoms with Crippen LogP contribution in [0.1, 0.15) is 12.8 Å². The van der Waals surface area contributed by atoms with E-state index in [0.29, 0.717) is 18.0 Å². The molecular weight excluding hydrogens is 206 g/mol. The maximum atomic E-state index is 5.76. The topological polar surface area (TPSA) is 53.7 Å². The summed E-state index contributed by atoms with van der Waals surface area (Å²) in [7, 11) is 3.29. The number of anilines is 1. The number of unbranched alkanes of at least 4 members (excludes halogenated alkanes) is 1. The van der Waals surface area contributed by atoms with E-state index in [1.807, 2.05) is 6.07 Å². The minimum absolute atomic E-state index is 0.594. The minimum Gasteiger partial charge on any atom is -0.495 e. The summed E-state index contributed by atoms with van der Waals surface area (Å²) in [5, 5.41) is 0. The summed E-state index contributed by atoms with van der Waals surface area (Å²) in [5.74, 6) is 1.45. The number of rotatable bonds is 7. The fourth-order valence-corrected chi connectivity index (χ4v) is 1.34. The molecule has 0 heterocycles. The first kappa shape index (κ1) is 12.6. The van der Waals surface area contributed by atoms with Gasteiger partial charge in [0.15, 0.2) is 0 Å². The van der Waals surface area contributed by atoms with E-state index in [-0.39, 0.29) is 0 Å². The molecule has 16 heavy (non-hydrogen) atoms. The van der Waals surface area contributed by atoms with Crippen LogP contribution in [-0.2, 0) is 4.74 Å². The molecule has 0 aliphatic rings. The van der Waals surface area contributed by atoms with E-state index >= 15 is 0 Å².